The minimum atomic E-state index is -1.67. The maximum Gasteiger partial charge on any atom is 0.257 e. The zero-order chi connectivity index (χ0) is 17.1. The van der Waals surface area contributed by atoms with E-state index in [0.717, 1.165) is 0 Å². The van der Waals surface area contributed by atoms with Crippen molar-refractivity contribution in [1.29, 1.82) is 0 Å². The van der Waals surface area contributed by atoms with Crippen LogP contribution in [0, 0.1) is 23.7 Å². The van der Waals surface area contributed by atoms with Crippen molar-refractivity contribution in [3.63, 3.8) is 0 Å². The Balaban J connectivity index is 1.86. The number of allylic oxidation sites excluding steroid dienone is 2. The summed E-state index contributed by atoms with van der Waals surface area (Å²) in [5.74, 6) is -3.53. The zero-order valence-corrected chi connectivity index (χ0v) is 15.7. The molecule has 4 rings (SSSR count). The molecule has 0 unspecified atom stereocenters. The van der Waals surface area contributed by atoms with Crippen LogP contribution in [-0.4, -0.2) is 36.2 Å². The highest BCUT2D eigenvalue weighted by Gasteiger charge is 2.83. The Morgan fingerprint density at radius 3 is 1.57 bits per heavy atom. The van der Waals surface area contributed by atoms with Gasteiger partial charge >= 0.3 is 0 Å². The highest BCUT2D eigenvalue weighted by atomic mass is 35.5. The van der Waals surface area contributed by atoms with E-state index in [4.69, 9.17) is 69.6 Å². The molecule has 1 N–H and O–H groups in total. The van der Waals surface area contributed by atoms with Crippen LogP contribution in [0.1, 0.15) is 12.8 Å². The molecule has 1 aliphatic heterocycles. The summed E-state index contributed by atoms with van der Waals surface area (Å²) in [4.78, 5) is 21.3. The van der Waals surface area contributed by atoms with Gasteiger partial charge in [-0.3, -0.25) is 14.8 Å². The van der Waals surface area contributed by atoms with Crippen molar-refractivity contribution in [2.45, 2.75) is 26.9 Å². The Labute approximate surface area is 161 Å². The average molecular weight is 440 g/mol. The molecule has 2 amide bonds. The third-order valence-corrected chi connectivity index (χ3v) is 10.2. The molecule has 126 valence electrons. The molecule has 6 atom stereocenters. The highest BCUT2D eigenvalue weighted by molar-refractivity contribution is 6.65. The second-order valence-corrected chi connectivity index (χ2v) is 9.79. The van der Waals surface area contributed by atoms with Gasteiger partial charge in [-0.05, 0) is 24.7 Å². The molecule has 0 radical (unpaired) electrons. The van der Waals surface area contributed by atoms with Gasteiger partial charge in [0.25, 0.3) is 11.8 Å². The summed E-state index contributed by atoms with van der Waals surface area (Å²) in [5.41, 5.74) is 0. The number of rotatable bonds is 0. The van der Waals surface area contributed by atoms with Crippen LogP contribution in [0.15, 0.2) is 10.1 Å². The molecule has 10 heteroatoms. The lowest BCUT2D eigenvalue weighted by Crippen LogP contribution is -2.44. The van der Waals surface area contributed by atoms with Crippen LogP contribution < -0.4 is 0 Å². The Hall–Kier alpha value is 0.580. The molecular weight excluding hydrogens is 431 g/mol. The standard InChI is InChI=1S/C13H9Cl6NO3/c14-7-8(15)12(17)6-2-4-3(9(21)20(23)10(4)22)1-5(6)11(7,16)13(12,18)19/h3-6,23H,1-2H2/t3-,4-,5-,6-,11-,12-/m1/s1. The Bertz CT molecular complexity index is 641. The van der Waals surface area contributed by atoms with E-state index in [1.807, 2.05) is 0 Å². The number of halogens is 6. The summed E-state index contributed by atoms with van der Waals surface area (Å²) in [6.45, 7) is 0. The number of amides is 2. The van der Waals surface area contributed by atoms with Crippen molar-refractivity contribution >= 4 is 81.4 Å². The summed E-state index contributed by atoms with van der Waals surface area (Å²) >= 11 is 39.0. The predicted octanol–water partition coefficient (Wildman–Crippen LogP) is 3.85. The average Bonchev–Trinajstić information content (AvgIpc) is 2.84. The van der Waals surface area contributed by atoms with Crippen LogP contribution in [0.2, 0.25) is 0 Å². The van der Waals surface area contributed by atoms with Gasteiger partial charge < -0.3 is 0 Å². The zero-order valence-electron chi connectivity index (χ0n) is 11.2. The highest BCUT2D eigenvalue weighted by Crippen LogP contribution is 2.79. The third-order valence-electron chi connectivity index (χ3n) is 5.81. The largest absolute Gasteiger partial charge is 0.278 e. The van der Waals surface area contributed by atoms with Crippen LogP contribution in [0.4, 0.5) is 0 Å². The fourth-order valence-corrected chi connectivity index (χ4v) is 7.81. The molecular formula is C13H9Cl6NO3. The summed E-state index contributed by atoms with van der Waals surface area (Å²) < 4.78 is -1.67. The van der Waals surface area contributed by atoms with Crippen LogP contribution in [-0.2, 0) is 9.59 Å². The topological polar surface area (TPSA) is 57.6 Å². The van der Waals surface area contributed by atoms with Crippen LogP contribution >= 0.6 is 69.6 Å². The third kappa shape index (κ3) is 1.55. The first-order valence-electron chi connectivity index (χ1n) is 6.89. The fraction of sp³-hybridized carbons (Fsp3) is 0.692. The summed E-state index contributed by atoms with van der Waals surface area (Å²) in [6.07, 6.45) is 0.410. The van der Waals surface area contributed by atoms with Crippen molar-refractivity contribution in [3.05, 3.63) is 10.1 Å². The van der Waals surface area contributed by atoms with Gasteiger partial charge in [-0.25, -0.2) is 0 Å². The minimum Gasteiger partial charge on any atom is -0.278 e. The molecule has 0 aromatic heterocycles. The van der Waals surface area contributed by atoms with Gasteiger partial charge in [0.05, 0.1) is 21.9 Å². The van der Waals surface area contributed by atoms with Crippen molar-refractivity contribution < 1.29 is 14.8 Å². The SMILES string of the molecule is O=C1[C@@H]2C[C@@H]3[C@@H](C[C@H]2C(=O)N1O)[C@@]1(Cl)C(Cl)=C(Cl)[C@@]3(Cl)C1(Cl)Cl. The van der Waals surface area contributed by atoms with Crippen molar-refractivity contribution in [2.75, 3.05) is 0 Å². The van der Waals surface area contributed by atoms with Gasteiger partial charge in [-0.2, -0.15) is 5.06 Å². The maximum atomic E-state index is 12.1. The molecule has 0 aromatic carbocycles. The maximum absolute atomic E-state index is 12.1. The number of hydrogen-bond donors (Lipinski definition) is 1. The molecule has 0 aromatic rings. The van der Waals surface area contributed by atoms with Crippen LogP contribution in [0.3, 0.4) is 0 Å². The summed E-state index contributed by atoms with van der Waals surface area (Å²) in [5, 5.41) is 9.93. The molecule has 1 saturated heterocycles. The van der Waals surface area contributed by atoms with Gasteiger partial charge in [0.15, 0.2) is 4.33 Å². The summed E-state index contributed by atoms with van der Waals surface area (Å²) in [6, 6.07) is 0. The van der Waals surface area contributed by atoms with E-state index in [2.05, 4.69) is 0 Å². The van der Waals surface area contributed by atoms with Gasteiger partial charge in [0.1, 0.15) is 9.75 Å². The van der Waals surface area contributed by atoms with Crippen molar-refractivity contribution in [2.24, 2.45) is 23.7 Å². The Morgan fingerprint density at radius 1 is 0.870 bits per heavy atom. The Morgan fingerprint density at radius 2 is 1.22 bits per heavy atom. The van der Waals surface area contributed by atoms with Gasteiger partial charge in [0, 0.05) is 0 Å². The molecule has 4 nitrogen and oxygen atoms in total. The molecule has 23 heavy (non-hydrogen) atoms. The Kier molecular flexibility index (Phi) is 3.44. The van der Waals surface area contributed by atoms with Crippen molar-refractivity contribution in [1.82, 2.24) is 5.06 Å². The first-order valence-corrected chi connectivity index (χ1v) is 9.16. The quantitative estimate of drug-likeness (QED) is 0.354. The second kappa shape index (κ2) is 4.64. The van der Waals surface area contributed by atoms with E-state index >= 15 is 0 Å². The normalized spacial score (nSPS) is 50.7. The first kappa shape index (κ1) is 17.0. The van der Waals surface area contributed by atoms with E-state index < -0.39 is 49.6 Å². The van der Waals surface area contributed by atoms with Gasteiger partial charge in [0.2, 0.25) is 0 Å². The van der Waals surface area contributed by atoms with Crippen LogP contribution in [0.5, 0.6) is 0 Å². The minimum absolute atomic E-state index is 0.0816. The smallest absolute Gasteiger partial charge is 0.257 e. The monoisotopic (exact) mass is 437 g/mol. The number of imide groups is 1. The summed E-state index contributed by atoms with van der Waals surface area (Å²) in [7, 11) is 0. The molecule has 2 saturated carbocycles. The molecule has 3 aliphatic carbocycles. The molecule has 1 heterocycles. The lowest BCUT2D eigenvalue weighted by atomic mass is 9.65. The van der Waals surface area contributed by atoms with E-state index in [1.165, 1.54) is 0 Å². The van der Waals surface area contributed by atoms with Crippen molar-refractivity contribution in [3.8, 4) is 0 Å². The number of carbonyl (C=O) groups excluding carboxylic acids is 2. The van der Waals surface area contributed by atoms with Crippen LogP contribution in [0.25, 0.3) is 0 Å². The number of hydrogen-bond acceptors (Lipinski definition) is 3. The predicted molar refractivity (Wildman–Crippen MR) is 87.2 cm³/mol. The lowest BCUT2D eigenvalue weighted by Gasteiger charge is -2.42. The lowest BCUT2D eigenvalue weighted by molar-refractivity contribution is -0.173. The number of alkyl halides is 4. The molecule has 4 aliphatic rings. The van der Waals surface area contributed by atoms with E-state index in [9.17, 15) is 14.8 Å². The van der Waals surface area contributed by atoms with Gasteiger partial charge in [-0.15, -0.1) is 23.2 Å². The number of carbonyl (C=O) groups is 2. The number of nitrogens with zero attached hydrogens (tertiary/aromatic N) is 1. The van der Waals surface area contributed by atoms with E-state index in [1.54, 1.807) is 0 Å². The molecule has 3 fully saturated rings. The van der Waals surface area contributed by atoms with E-state index in [-0.39, 0.29) is 28.0 Å². The molecule has 2 bridgehead atoms. The number of hydroxylamine groups is 2. The first-order chi connectivity index (χ1) is 10.5. The molecule has 0 spiro atoms. The second-order valence-electron chi connectivity index (χ2n) is 6.51. The van der Waals surface area contributed by atoms with Gasteiger partial charge in [-0.1, -0.05) is 46.4 Å². The number of fused-ring (bicyclic) bond motifs is 6. The van der Waals surface area contributed by atoms with E-state index in [0.29, 0.717) is 0 Å². The fourth-order valence-electron chi connectivity index (χ4n) is 4.70.